The molecule has 0 amide bonds. The number of fused-ring (bicyclic) bond motifs is 1. The van der Waals surface area contributed by atoms with E-state index in [9.17, 15) is 0 Å². The van der Waals surface area contributed by atoms with Crippen LogP contribution < -0.4 is 5.32 Å². The van der Waals surface area contributed by atoms with Crippen LogP contribution >= 0.6 is 15.9 Å². The molecular formula is C17H24BrN3. The lowest BCUT2D eigenvalue weighted by Crippen LogP contribution is -2.36. The maximum atomic E-state index is 3.57. The molecule has 0 atom stereocenters. The van der Waals surface area contributed by atoms with Crippen LogP contribution in [-0.2, 0) is 6.54 Å². The van der Waals surface area contributed by atoms with Crippen LogP contribution in [0.25, 0.3) is 10.9 Å². The average Bonchev–Trinajstić information content (AvgIpc) is 2.89. The minimum absolute atomic E-state index is 0.860. The number of likely N-dealkylation sites (tertiary alicyclic amines) is 1. The first-order valence-electron chi connectivity index (χ1n) is 7.95. The molecule has 0 bridgehead atoms. The number of hydrogen-bond donors (Lipinski definition) is 2. The van der Waals surface area contributed by atoms with Crippen LogP contribution in [0.3, 0.4) is 0 Å². The summed E-state index contributed by atoms with van der Waals surface area (Å²) in [5.41, 5.74) is 2.65. The summed E-state index contributed by atoms with van der Waals surface area (Å²) in [5, 5.41) is 4.83. The summed E-state index contributed by atoms with van der Waals surface area (Å²) in [6.07, 6.45) is 4.81. The Morgan fingerprint density at radius 3 is 2.90 bits per heavy atom. The van der Waals surface area contributed by atoms with Crippen molar-refractivity contribution in [3.05, 3.63) is 34.4 Å². The number of hydrogen-bond acceptors (Lipinski definition) is 2. The topological polar surface area (TPSA) is 31.1 Å². The zero-order chi connectivity index (χ0) is 14.7. The van der Waals surface area contributed by atoms with Crippen molar-refractivity contribution in [2.45, 2.75) is 26.3 Å². The van der Waals surface area contributed by atoms with E-state index in [1.807, 2.05) is 0 Å². The Kier molecular flexibility index (Phi) is 4.99. The Morgan fingerprint density at radius 1 is 1.33 bits per heavy atom. The fourth-order valence-electron chi connectivity index (χ4n) is 3.22. The Morgan fingerprint density at radius 2 is 2.14 bits per heavy atom. The molecule has 114 valence electrons. The maximum absolute atomic E-state index is 3.57. The van der Waals surface area contributed by atoms with Crippen molar-refractivity contribution in [1.29, 1.82) is 0 Å². The van der Waals surface area contributed by atoms with Gasteiger partial charge in [0, 0.05) is 28.1 Å². The minimum atomic E-state index is 0.860. The molecule has 4 heteroatoms. The number of piperidine rings is 1. The minimum Gasteiger partial charge on any atom is -0.361 e. The van der Waals surface area contributed by atoms with E-state index in [4.69, 9.17) is 0 Å². The van der Waals surface area contributed by atoms with Crippen LogP contribution in [0.1, 0.15) is 25.3 Å². The van der Waals surface area contributed by atoms with Crippen molar-refractivity contribution in [2.75, 3.05) is 26.2 Å². The largest absolute Gasteiger partial charge is 0.361 e. The van der Waals surface area contributed by atoms with E-state index in [0.29, 0.717) is 0 Å². The molecular weight excluding hydrogens is 326 g/mol. The summed E-state index contributed by atoms with van der Waals surface area (Å²) < 4.78 is 1.15. The monoisotopic (exact) mass is 349 g/mol. The Bertz CT molecular complexity index is 585. The fraction of sp³-hybridized carbons (Fsp3) is 0.529. The van der Waals surface area contributed by atoms with Gasteiger partial charge < -0.3 is 10.3 Å². The molecule has 0 unspecified atom stereocenters. The SMILES string of the molecule is CCNCC1CCN(Cc2c[nH]c3ccc(Br)cc23)CC1. The molecule has 2 aromatic rings. The first-order valence-corrected chi connectivity index (χ1v) is 8.74. The highest BCUT2D eigenvalue weighted by Gasteiger charge is 2.19. The normalized spacial score (nSPS) is 17.6. The lowest BCUT2D eigenvalue weighted by atomic mass is 9.96. The molecule has 1 saturated heterocycles. The van der Waals surface area contributed by atoms with E-state index >= 15 is 0 Å². The summed E-state index contributed by atoms with van der Waals surface area (Å²) in [5.74, 6) is 0.860. The van der Waals surface area contributed by atoms with E-state index in [1.165, 1.54) is 48.9 Å². The smallest absolute Gasteiger partial charge is 0.0458 e. The van der Waals surface area contributed by atoms with Crippen molar-refractivity contribution in [1.82, 2.24) is 15.2 Å². The molecule has 1 aromatic heterocycles. The maximum Gasteiger partial charge on any atom is 0.0458 e. The van der Waals surface area contributed by atoms with Crippen molar-refractivity contribution in [3.8, 4) is 0 Å². The quantitative estimate of drug-likeness (QED) is 0.861. The fourth-order valence-corrected chi connectivity index (χ4v) is 3.58. The summed E-state index contributed by atoms with van der Waals surface area (Å²) >= 11 is 3.57. The third-order valence-corrected chi connectivity index (χ3v) is 5.01. The van der Waals surface area contributed by atoms with E-state index in [2.05, 4.69) is 62.5 Å². The molecule has 2 heterocycles. The summed E-state index contributed by atoms with van der Waals surface area (Å²) in [6.45, 7) is 7.96. The van der Waals surface area contributed by atoms with Crippen molar-refractivity contribution in [3.63, 3.8) is 0 Å². The van der Waals surface area contributed by atoms with Gasteiger partial charge in [-0.05, 0) is 68.7 Å². The van der Waals surface area contributed by atoms with Gasteiger partial charge in [0.1, 0.15) is 0 Å². The van der Waals surface area contributed by atoms with Crippen LogP contribution in [0.4, 0.5) is 0 Å². The molecule has 0 aliphatic carbocycles. The van der Waals surface area contributed by atoms with Gasteiger partial charge in [-0.25, -0.2) is 0 Å². The Labute approximate surface area is 135 Å². The molecule has 0 radical (unpaired) electrons. The van der Waals surface area contributed by atoms with Crippen LogP contribution in [-0.4, -0.2) is 36.1 Å². The number of aromatic amines is 1. The van der Waals surface area contributed by atoms with Crippen LogP contribution in [0.15, 0.2) is 28.9 Å². The first-order chi connectivity index (χ1) is 10.3. The summed E-state index contributed by atoms with van der Waals surface area (Å²) in [6, 6.07) is 6.46. The molecule has 1 aliphatic rings. The van der Waals surface area contributed by atoms with Gasteiger partial charge in [0.2, 0.25) is 0 Å². The number of halogens is 1. The summed E-state index contributed by atoms with van der Waals surface area (Å²) in [7, 11) is 0. The summed E-state index contributed by atoms with van der Waals surface area (Å²) in [4.78, 5) is 5.97. The molecule has 21 heavy (non-hydrogen) atoms. The predicted molar refractivity (Wildman–Crippen MR) is 92.5 cm³/mol. The van der Waals surface area contributed by atoms with Crippen molar-refractivity contribution in [2.24, 2.45) is 5.92 Å². The highest BCUT2D eigenvalue weighted by molar-refractivity contribution is 9.10. The van der Waals surface area contributed by atoms with Gasteiger partial charge >= 0.3 is 0 Å². The molecule has 2 N–H and O–H groups in total. The zero-order valence-corrected chi connectivity index (χ0v) is 14.2. The standard InChI is InChI=1S/C17H24BrN3/c1-2-19-10-13-5-7-21(8-6-13)12-14-11-20-17-4-3-15(18)9-16(14)17/h3-4,9,11,13,19-20H,2,5-8,10,12H2,1H3. The Hall–Kier alpha value is -0.840. The van der Waals surface area contributed by atoms with Gasteiger partial charge in [0.25, 0.3) is 0 Å². The van der Waals surface area contributed by atoms with Gasteiger partial charge in [0.15, 0.2) is 0 Å². The van der Waals surface area contributed by atoms with Crippen LogP contribution in [0.2, 0.25) is 0 Å². The third kappa shape index (κ3) is 3.68. The molecule has 0 spiro atoms. The van der Waals surface area contributed by atoms with E-state index < -0.39 is 0 Å². The molecule has 1 fully saturated rings. The molecule has 0 saturated carbocycles. The number of H-pyrrole nitrogens is 1. The number of benzene rings is 1. The number of rotatable bonds is 5. The molecule has 3 nitrogen and oxygen atoms in total. The number of aromatic nitrogens is 1. The van der Waals surface area contributed by atoms with Crippen LogP contribution in [0.5, 0.6) is 0 Å². The van der Waals surface area contributed by atoms with Crippen LogP contribution in [0, 0.1) is 5.92 Å². The second-order valence-electron chi connectivity index (χ2n) is 6.03. The average molecular weight is 350 g/mol. The zero-order valence-electron chi connectivity index (χ0n) is 12.7. The van der Waals surface area contributed by atoms with Crippen molar-refractivity contribution >= 4 is 26.8 Å². The van der Waals surface area contributed by atoms with E-state index in [1.54, 1.807) is 0 Å². The second kappa shape index (κ2) is 6.95. The van der Waals surface area contributed by atoms with Gasteiger partial charge in [-0.15, -0.1) is 0 Å². The van der Waals surface area contributed by atoms with Crippen molar-refractivity contribution < 1.29 is 0 Å². The second-order valence-corrected chi connectivity index (χ2v) is 6.95. The van der Waals surface area contributed by atoms with Gasteiger partial charge in [-0.1, -0.05) is 22.9 Å². The lowest BCUT2D eigenvalue weighted by Gasteiger charge is -2.31. The van der Waals surface area contributed by atoms with Gasteiger partial charge in [-0.2, -0.15) is 0 Å². The molecule has 1 aromatic carbocycles. The van der Waals surface area contributed by atoms with E-state index in [-0.39, 0.29) is 0 Å². The van der Waals surface area contributed by atoms with E-state index in [0.717, 1.165) is 23.5 Å². The first kappa shape index (κ1) is 15.1. The number of nitrogens with zero attached hydrogens (tertiary/aromatic N) is 1. The molecule has 1 aliphatic heterocycles. The highest BCUT2D eigenvalue weighted by Crippen LogP contribution is 2.25. The lowest BCUT2D eigenvalue weighted by molar-refractivity contribution is 0.176. The predicted octanol–water partition coefficient (Wildman–Crippen LogP) is 3.75. The van der Waals surface area contributed by atoms with Gasteiger partial charge in [-0.3, -0.25) is 4.90 Å². The Balaban J connectivity index is 1.60. The number of nitrogens with one attached hydrogen (secondary N) is 2. The molecule has 3 rings (SSSR count). The van der Waals surface area contributed by atoms with Gasteiger partial charge in [0.05, 0.1) is 0 Å². The highest BCUT2D eigenvalue weighted by atomic mass is 79.9. The third-order valence-electron chi connectivity index (χ3n) is 4.51.